The highest BCUT2D eigenvalue weighted by Crippen LogP contribution is 2.18. The van der Waals surface area contributed by atoms with E-state index in [2.05, 4.69) is 5.32 Å². The predicted octanol–water partition coefficient (Wildman–Crippen LogP) is 1.42. The highest BCUT2D eigenvalue weighted by Gasteiger charge is 2.24. The van der Waals surface area contributed by atoms with Gasteiger partial charge in [-0.3, -0.25) is 9.59 Å². The van der Waals surface area contributed by atoms with Crippen LogP contribution >= 0.6 is 0 Å². The number of benzene rings is 1. The number of nitrogens with zero attached hydrogens (tertiary/aromatic N) is 2. The Balaban J connectivity index is 2.07. The molecule has 20 heavy (non-hydrogen) atoms. The quantitative estimate of drug-likeness (QED) is 0.907. The highest BCUT2D eigenvalue weighted by atomic mass is 16.2. The molecule has 0 saturated carbocycles. The number of para-hydroxylation sites is 1. The van der Waals surface area contributed by atoms with Gasteiger partial charge in [-0.25, -0.2) is 0 Å². The zero-order chi connectivity index (χ0) is 14.5. The fraction of sp³-hybridized carbons (Fsp3) is 0.467. The number of rotatable bonds is 3. The summed E-state index contributed by atoms with van der Waals surface area (Å²) in [5.74, 6) is 0.106. The fourth-order valence-corrected chi connectivity index (χ4v) is 2.41. The number of nitrogens with one attached hydrogen (secondary N) is 1. The second-order valence-corrected chi connectivity index (χ2v) is 4.87. The van der Waals surface area contributed by atoms with Crippen molar-refractivity contribution in [3.63, 3.8) is 0 Å². The first-order chi connectivity index (χ1) is 9.63. The zero-order valence-electron chi connectivity index (χ0n) is 12.1. The van der Waals surface area contributed by atoms with Crippen molar-refractivity contribution in [1.82, 2.24) is 9.80 Å². The Morgan fingerprint density at radius 2 is 1.70 bits per heavy atom. The first-order valence-electron chi connectivity index (χ1n) is 7.01. The van der Waals surface area contributed by atoms with Crippen LogP contribution in [0.1, 0.15) is 24.2 Å². The molecular weight excluding hydrogens is 254 g/mol. The number of anilines is 1. The molecular formula is C15H21N3O2. The maximum absolute atomic E-state index is 12.6. The molecule has 108 valence electrons. The average Bonchev–Trinajstić information content (AvgIpc) is 2.47. The predicted molar refractivity (Wildman–Crippen MR) is 78.8 cm³/mol. The lowest BCUT2D eigenvalue weighted by Gasteiger charge is -2.34. The summed E-state index contributed by atoms with van der Waals surface area (Å²) in [5.41, 5.74) is 1.57. The average molecular weight is 275 g/mol. The van der Waals surface area contributed by atoms with E-state index in [1.54, 1.807) is 11.8 Å². The second kappa shape index (κ2) is 6.41. The zero-order valence-corrected chi connectivity index (χ0v) is 12.1. The van der Waals surface area contributed by atoms with Gasteiger partial charge in [-0.15, -0.1) is 0 Å². The van der Waals surface area contributed by atoms with Crippen molar-refractivity contribution in [2.24, 2.45) is 0 Å². The van der Waals surface area contributed by atoms with Gasteiger partial charge in [-0.1, -0.05) is 12.1 Å². The molecule has 0 atom stereocenters. The summed E-state index contributed by atoms with van der Waals surface area (Å²) in [6, 6.07) is 7.56. The van der Waals surface area contributed by atoms with Gasteiger partial charge in [0.05, 0.1) is 5.56 Å². The summed E-state index contributed by atoms with van der Waals surface area (Å²) in [6.07, 6.45) is 0. The minimum absolute atomic E-state index is 0.0322. The Morgan fingerprint density at radius 3 is 2.30 bits per heavy atom. The number of amides is 2. The van der Waals surface area contributed by atoms with Crippen LogP contribution in [0.4, 0.5) is 5.69 Å². The molecule has 2 rings (SSSR count). The second-order valence-electron chi connectivity index (χ2n) is 4.87. The molecule has 0 aromatic heterocycles. The monoisotopic (exact) mass is 275 g/mol. The summed E-state index contributed by atoms with van der Waals surface area (Å²) in [7, 11) is 0. The van der Waals surface area contributed by atoms with E-state index in [9.17, 15) is 9.59 Å². The number of hydrogen-bond donors (Lipinski definition) is 1. The maximum Gasteiger partial charge on any atom is 0.256 e. The van der Waals surface area contributed by atoms with Crippen LogP contribution in [-0.4, -0.2) is 54.3 Å². The van der Waals surface area contributed by atoms with Crippen molar-refractivity contribution >= 4 is 17.5 Å². The molecule has 1 aliphatic rings. The van der Waals surface area contributed by atoms with Crippen molar-refractivity contribution in [2.75, 3.05) is 38.0 Å². The van der Waals surface area contributed by atoms with Gasteiger partial charge < -0.3 is 15.1 Å². The molecule has 0 spiro atoms. The third-order valence-corrected chi connectivity index (χ3v) is 3.54. The molecule has 2 amide bonds. The normalized spacial score (nSPS) is 15.1. The molecule has 5 nitrogen and oxygen atoms in total. The molecule has 0 radical (unpaired) electrons. The van der Waals surface area contributed by atoms with E-state index in [-0.39, 0.29) is 11.8 Å². The molecule has 1 aromatic rings. The van der Waals surface area contributed by atoms with E-state index in [4.69, 9.17) is 0 Å². The van der Waals surface area contributed by atoms with Crippen molar-refractivity contribution < 1.29 is 9.59 Å². The van der Waals surface area contributed by atoms with Crippen LogP contribution in [0, 0.1) is 0 Å². The summed E-state index contributed by atoms with van der Waals surface area (Å²) < 4.78 is 0. The molecule has 1 saturated heterocycles. The Labute approximate surface area is 119 Å². The summed E-state index contributed by atoms with van der Waals surface area (Å²) in [6.45, 7) is 6.78. The van der Waals surface area contributed by atoms with Crippen molar-refractivity contribution in [1.29, 1.82) is 0 Å². The molecule has 1 N–H and O–H groups in total. The third kappa shape index (κ3) is 3.10. The topological polar surface area (TPSA) is 52.7 Å². The first-order valence-corrected chi connectivity index (χ1v) is 7.01. The first kappa shape index (κ1) is 14.4. The molecule has 0 unspecified atom stereocenters. The minimum atomic E-state index is 0.0322. The Morgan fingerprint density at radius 1 is 1.10 bits per heavy atom. The lowest BCUT2D eigenvalue weighted by atomic mass is 10.1. The lowest BCUT2D eigenvalue weighted by molar-refractivity contribution is -0.130. The van der Waals surface area contributed by atoms with Crippen LogP contribution in [0.2, 0.25) is 0 Å². The molecule has 1 aromatic carbocycles. The van der Waals surface area contributed by atoms with E-state index >= 15 is 0 Å². The highest BCUT2D eigenvalue weighted by molar-refractivity contribution is 5.99. The minimum Gasteiger partial charge on any atom is -0.385 e. The molecule has 0 aliphatic carbocycles. The van der Waals surface area contributed by atoms with Crippen LogP contribution < -0.4 is 5.32 Å². The molecule has 5 heteroatoms. The maximum atomic E-state index is 12.6. The SMILES string of the molecule is CCNc1ccccc1C(=O)N1CCN(C(C)=O)CC1. The third-order valence-electron chi connectivity index (χ3n) is 3.54. The Bertz CT molecular complexity index is 494. The molecule has 0 bridgehead atoms. The van der Waals surface area contributed by atoms with Crippen LogP contribution in [0.15, 0.2) is 24.3 Å². The molecule has 1 fully saturated rings. The number of piperazine rings is 1. The van der Waals surface area contributed by atoms with Gasteiger partial charge in [-0.2, -0.15) is 0 Å². The summed E-state index contributed by atoms with van der Waals surface area (Å²) >= 11 is 0. The van der Waals surface area contributed by atoms with Crippen LogP contribution in [-0.2, 0) is 4.79 Å². The van der Waals surface area contributed by atoms with E-state index in [1.165, 1.54) is 0 Å². The smallest absolute Gasteiger partial charge is 0.256 e. The van der Waals surface area contributed by atoms with Crippen molar-refractivity contribution in [2.45, 2.75) is 13.8 Å². The van der Waals surface area contributed by atoms with Gasteiger partial charge in [0.25, 0.3) is 5.91 Å². The largest absolute Gasteiger partial charge is 0.385 e. The van der Waals surface area contributed by atoms with E-state index in [0.717, 1.165) is 12.2 Å². The van der Waals surface area contributed by atoms with E-state index in [0.29, 0.717) is 31.7 Å². The summed E-state index contributed by atoms with van der Waals surface area (Å²) in [5, 5.41) is 3.21. The van der Waals surface area contributed by atoms with Gasteiger partial charge in [0, 0.05) is 45.3 Å². The molecule has 1 aliphatic heterocycles. The van der Waals surface area contributed by atoms with Gasteiger partial charge in [0.2, 0.25) is 5.91 Å². The Hall–Kier alpha value is -2.04. The fourth-order valence-electron chi connectivity index (χ4n) is 2.41. The standard InChI is InChI=1S/C15H21N3O2/c1-3-16-14-7-5-4-6-13(14)15(20)18-10-8-17(9-11-18)12(2)19/h4-7,16H,3,8-11H2,1-2H3. The van der Waals surface area contributed by atoms with E-state index < -0.39 is 0 Å². The van der Waals surface area contributed by atoms with Crippen molar-refractivity contribution in [3.05, 3.63) is 29.8 Å². The lowest BCUT2D eigenvalue weighted by Crippen LogP contribution is -2.50. The van der Waals surface area contributed by atoms with Gasteiger partial charge in [0.15, 0.2) is 0 Å². The summed E-state index contributed by atoms with van der Waals surface area (Å²) in [4.78, 5) is 27.4. The Kier molecular flexibility index (Phi) is 4.61. The van der Waals surface area contributed by atoms with Crippen LogP contribution in [0.5, 0.6) is 0 Å². The van der Waals surface area contributed by atoms with Crippen molar-refractivity contribution in [3.8, 4) is 0 Å². The molecule has 1 heterocycles. The number of carbonyl (C=O) groups is 2. The van der Waals surface area contributed by atoms with Crippen LogP contribution in [0.25, 0.3) is 0 Å². The number of carbonyl (C=O) groups excluding carboxylic acids is 2. The number of hydrogen-bond acceptors (Lipinski definition) is 3. The van der Waals surface area contributed by atoms with Gasteiger partial charge in [0.1, 0.15) is 0 Å². The van der Waals surface area contributed by atoms with E-state index in [1.807, 2.05) is 36.1 Å². The van der Waals surface area contributed by atoms with Crippen LogP contribution in [0.3, 0.4) is 0 Å². The van der Waals surface area contributed by atoms with Gasteiger partial charge >= 0.3 is 0 Å². The van der Waals surface area contributed by atoms with Gasteiger partial charge in [-0.05, 0) is 19.1 Å².